The molecular formula is C16H26N4O2. The molecule has 1 heterocycles. The number of carbonyl (C=O) groups is 1. The second-order valence-electron chi connectivity index (χ2n) is 5.98. The lowest BCUT2D eigenvalue weighted by atomic mass is 9.95. The summed E-state index contributed by atoms with van der Waals surface area (Å²) >= 11 is 0. The third-order valence-corrected chi connectivity index (χ3v) is 4.09. The SMILES string of the molecule is COC(=O)N1c2ccc(NCCN(C)C)c(N)c2CC[C@@H]1C. The molecule has 0 aromatic heterocycles. The second kappa shape index (κ2) is 6.87. The Morgan fingerprint density at radius 3 is 2.86 bits per heavy atom. The molecular weight excluding hydrogens is 280 g/mol. The number of methoxy groups -OCH3 is 1. The molecule has 0 unspecified atom stereocenters. The van der Waals surface area contributed by atoms with Crippen molar-refractivity contribution in [2.75, 3.05) is 50.2 Å². The molecule has 1 aromatic rings. The van der Waals surface area contributed by atoms with Gasteiger partial charge in [0.25, 0.3) is 0 Å². The Bertz CT molecular complexity index is 545. The Balaban J connectivity index is 2.26. The van der Waals surface area contributed by atoms with Crippen molar-refractivity contribution in [2.45, 2.75) is 25.8 Å². The van der Waals surface area contributed by atoms with E-state index in [0.717, 1.165) is 48.6 Å². The number of nitrogens with two attached hydrogens (primary N) is 1. The van der Waals surface area contributed by atoms with Crippen LogP contribution in [0.15, 0.2) is 12.1 Å². The van der Waals surface area contributed by atoms with Gasteiger partial charge in [0.1, 0.15) is 0 Å². The molecule has 6 nitrogen and oxygen atoms in total. The summed E-state index contributed by atoms with van der Waals surface area (Å²) in [5.41, 5.74) is 9.87. The molecule has 1 amide bonds. The Kier molecular flexibility index (Phi) is 5.13. The largest absolute Gasteiger partial charge is 0.452 e. The van der Waals surface area contributed by atoms with E-state index >= 15 is 0 Å². The number of ether oxygens (including phenoxy) is 1. The van der Waals surface area contributed by atoms with E-state index < -0.39 is 0 Å². The van der Waals surface area contributed by atoms with Crippen molar-refractivity contribution < 1.29 is 9.53 Å². The third kappa shape index (κ3) is 3.27. The smallest absolute Gasteiger partial charge is 0.414 e. The minimum Gasteiger partial charge on any atom is -0.452 e. The van der Waals surface area contributed by atoms with Gasteiger partial charge in [0.05, 0.1) is 24.2 Å². The van der Waals surface area contributed by atoms with Crippen molar-refractivity contribution in [3.63, 3.8) is 0 Å². The van der Waals surface area contributed by atoms with Gasteiger partial charge < -0.3 is 20.7 Å². The highest BCUT2D eigenvalue weighted by Gasteiger charge is 2.30. The van der Waals surface area contributed by atoms with Crippen molar-refractivity contribution >= 4 is 23.2 Å². The molecule has 22 heavy (non-hydrogen) atoms. The molecule has 0 aliphatic carbocycles. The van der Waals surface area contributed by atoms with Gasteiger partial charge in [-0.05, 0) is 46.0 Å². The van der Waals surface area contributed by atoms with E-state index in [2.05, 4.69) is 10.2 Å². The van der Waals surface area contributed by atoms with Crippen molar-refractivity contribution in [1.29, 1.82) is 0 Å². The van der Waals surface area contributed by atoms with Crippen molar-refractivity contribution in [1.82, 2.24) is 4.90 Å². The minimum atomic E-state index is -0.332. The first-order chi connectivity index (χ1) is 10.5. The number of amides is 1. The number of likely N-dealkylation sites (N-methyl/N-ethyl adjacent to an activating group) is 1. The molecule has 0 saturated heterocycles. The number of nitrogens with zero attached hydrogens (tertiary/aromatic N) is 2. The molecule has 1 aliphatic rings. The van der Waals surface area contributed by atoms with Gasteiger partial charge in [0.2, 0.25) is 0 Å². The Morgan fingerprint density at radius 1 is 1.50 bits per heavy atom. The number of nitrogens with one attached hydrogen (secondary N) is 1. The second-order valence-corrected chi connectivity index (χ2v) is 5.98. The van der Waals surface area contributed by atoms with E-state index in [1.807, 2.05) is 33.2 Å². The van der Waals surface area contributed by atoms with Crippen LogP contribution in [0.1, 0.15) is 18.9 Å². The lowest BCUT2D eigenvalue weighted by Gasteiger charge is -2.35. The minimum absolute atomic E-state index is 0.118. The normalized spacial score (nSPS) is 17.3. The zero-order valence-electron chi connectivity index (χ0n) is 13.8. The molecule has 1 aromatic carbocycles. The third-order valence-electron chi connectivity index (χ3n) is 4.09. The summed E-state index contributed by atoms with van der Waals surface area (Å²) in [6.07, 6.45) is 1.42. The maximum absolute atomic E-state index is 12.0. The van der Waals surface area contributed by atoms with Crippen molar-refractivity contribution in [3.05, 3.63) is 17.7 Å². The predicted molar refractivity (Wildman–Crippen MR) is 90.6 cm³/mol. The van der Waals surface area contributed by atoms with Crippen LogP contribution in [-0.2, 0) is 11.2 Å². The fourth-order valence-electron chi connectivity index (χ4n) is 2.81. The zero-order valence-corrected chi connectivity index (χ0v) is 13.8. The van der Waals surface area contributed by atoms with E-state index in [1.54, 1.807) is 4.90 Å². The molecule has 0 radical (unpaired) electrons. The molecule has 0 saturated carbocycles. The number of fused-ring (bicyclic) bond motifs is 1. The molecule has 0 spiro atoms. The van der Waals surface area contributed by atoms with Crippen LogP contribution in [0, 0.1) is 0 Å². The summed E-state index contributed by atoms with van der Waals surface area (Å²) in [5.74, 6) is 0. The lowest BCUT2D eigenvalue weighted by Crippen LogP contribution is -2.42. The Morgan fingerprint density at radius 2 is 2.23 bits per heavy atom. The number of hydrogen-bond acceptors (Lipinski definition) is 5. The molecule has 0 bridgehead atoms. The highest BCUT2D eigenvalue weighted by Crippen LogP contribution is 2.38. The van der Waals surface area contributed by atoms with Crippen LogP contribution >= 0.6 is 0 Å². The van der Waals surface area contributed by atoms with Gasteiger partial charge in [-0.3, -0.25) is 4.90 Å². The van der Waals surface area contributed by atoms with Gasteiger partial charge in [0, 0.05) is 24.7 Å². The van der Waals surface area contributed by atoms with E-state index in [-0.39, 0.29) is 12.1 Å². The Hall–Kier alpha value is -1.95. The number of benzene rings is 1. The van der Waals surface area contributed by atoms with Crippen LogP contribution < -0.4 is 16.0 Å². The van der Waals surface area contributed by atoms with Crippen LogP contribution in [-0.4, -0.2) is 51.3 Å². The highest BCUT2D eigenvalue weighted by atomic mass is 16.5. The summed E-state index contributed by atoms with van der Waals surface area (Å²) in [4.78, 5) is 15.8. The van der Waals surface area contributed by atoms with Gasteiger partial charge in [-0.15, -0.1) is 0 Å². The summed E-state index contributed by atoms with van der Waals surface area (Å²) < 4.78 is 4.90. The standard InChI is InChI=1S/C16H26N4O2/c1-11-5-6-12-14(20(11)16(21)22-4)8-7-13(15(12)17)18-9-10-19(2)3/h7-8,11,18H,5-6,9-10,17H2,1-4H3/t11-/m0/s1. The molecule has 122 valence electrons. The summed E-state index contributed by atoms with van der Waals surface area (Å²) in [7, 11) is 5.48. The summed E-state index contributed by atoms with van der Waals surface area (Å²) in [5, 5.41) is 3.36. The first kappa shape index (κ1) is 16.4. The van der Waals surface area contributed by atoms with Gasteiger partial charge in [-0.2, -0.15) is 0 Å². The van der Waals surface area contributed by atoms with E-state index in [4.69, 9.17) is 10.5 Å². The van der Waals surface area contributed by atoms with Gasteiger partial charge in [-0.1, -0.05) is 0 Å². The number of hydrogen-bond donors (Lipinski definition) is 2. The van der Waals surface area contributed by atoms with Crippen molar-refractivity contribution in [3.8, 4) is 0 Å². The first-order valence-electron chi connectivity index (χ1n) is 7.62. The van der Waals surface area contributed by atoms with Gasteiger partial charge >= 0.3 is 6.09 Å². The van der Waals surface area contributed by atoms with Gasteiger partial charge in [-0.25, -0.2) is 4.79 Å². The van der Waals surface area contributed by atoms with Crippen LogP contribution in [0.5, 0.6) is 0 Å². The topological polar surface area (TPSA) is 70.8 Å². The molecule has 1 atom stereocenters. The summed E-state index contributed by atoms with van der Waals surface area (Å²) in [6, 6.07) is 4.01. The quantitative estimate of drug-likeness (QED) is 0.834. The maximum Gasteiger partial charge on any atom is 0.414 e. The van der Waals surface area contributed by atoms with Crippen LogP contribution in [0.4, 0.5) is 21.9 Å². The monoisotopic (exact) mass is 306 g/mol. The van der Waals surface area contributed by atoms with Gasteiger partial charge in [0.15, 0.2) is 0 Å². The molecule has 0 fully saturated rings. The van der Waals surface area contributed by atoms with Crippen LogP contribution in [0.3, 0.4) is 0 Å². The molecule has 1 aliphatic heterocycles. The van der Waals surface area contributed by atoms with Crippen molar-refractivity contribution in [2.24, 2.45) is 0 Å². The number of nitrogen functional groups attached to an aromatic ring is 1. The lowest BCUT2D eigenvalue weighted by molar-refractivity contribution is 0.175. The number of anilines is 3. The number of rotatable bonds is 4. The molecule has 2 rings (SSSR count). The maximum atomic E-state index is 12.0. The van der Waals surface area contributed by atoms with E-state index in [1.165, 1.54) is 7.11 Å². The van der Waals surface area contributed by atoms with E-state index in [0.29, 0.717) is 0 Å². The Labute approximate surface area is 132 Å². The fourth-order valence-corrected chi connectivity index (χ4v) is 2.81. The predicted octanol–water partition coefficient (Wildman–Crippen LogP) is 2.15. The van der Waals surface area contributed by atoms with Crippen LogP contribution in [0.2, 0.25) is 0 Å². The number of carbonyl (C=O) groups excluding carboxylic acids is 1. The molecule has 3 N–H and O–H groups in total. The molecule has 6 heteroatoms. The fraction of sp³-hybridized carbons (Fsp3) is 0.562. The highest BCUT2D eigenvalue weighted by molar-refractivity contribution is 5.93. The first-order valence-corrected chi connectivity index (χ1v) is 7.62. The zero-order chi connectivity index (χ0) is 16.3. The van der Waals surface area contributed by atoms with Crippen LogP contribution in [0.25, 0.3) is 0 Å². The average molecular weight is 306 g/mol. The van der Waals surface area contributed by atoms with E-state index in [9.17, 15) is 4.79 Å². The average Bonchev–Trinajstić information content (AvgIpc) is 2.48. The summed E-state index contributed by atoms with van der Waals surface area (Å²) in [6.45, 7) is 3.79.